The number of benzene rings is 1. The summed E-state index contributed by atoms with van der Waals surface area (Å²) in [5, 5.41) is 28.2. The van der Waals surface area contributed by atoms with Crippen molar-refractivity contribution >= 4 is 17.9 Å². The maximum absolute atomic E-state index is 13.5. The second-order valence-electron chi connectivity index (χ2n) is 3.02. The molecule has 8 heteroatoms. The number of aliphatic hydroxyl groups excluding tert-OH is 1. The van der Waals surface area contributed by atoms with Gasteiger partial charge in [0.15, 0.2) is 12.4 Å². The Hall–Kier alpha value is -2.35. The van der Waals surface area contributed by atoms with E-state index in [0.29, 0.717) is 0 Å². The number of nitro benzene ring substituents is 1. The Morgan fingerprint density at radius 2 is 2.12 bits per heavy atom. The van der Waals surface area contributed by atoms with Crippen molar-refractivity contribution in [2.75, 3.05) is 0 Å². The molecule has 0 saturated heterocycles. The molecule has 2 N–H and O–H groups in total. The predicted molar refractivity (Wildman–Crippen MR) is 51.0 cm³/mol. The van der Waals surface area contributed by atoms with Gasteiger partial charge in [-0.3, -0.25) is 14.9 Å². The topological polar surface area (TPSA) is 118 Å². The minimum absolute atomic E-state index is 0.0666. The van der Waals surface area contributed by atoms with Crippen LogP contribution in [-0.4, -0.2) is 27.4 Å². The fourth-order valence-electron chi connectivity index (χ4n) is 1.23. The first kappa shape index (κ1) is 12.7. The normalized spacial score (nSPS) is 11.9. The summed E-state index contributed by atoms with van der Waals surface area (Å²) in [6.07, 6.45) is -2.34. The third kappa shape index (κ3) is 2.26. The first-order valence-electron chi connectivity index (χ1n) is 4.23. The van der Waals surface area contributed by atoms with Gasteiger partial charge in [0.25, 0.3) is 5.69 Å². The minimum atomic E-state index is -2.41. The molecular weight excluding hydrogens is 237 g/mol. The molecule has 0 aliphatic rings. The highest BCUT2D eigenvalue weighted by Crippen LogP contribution is 2.29. The van der Waals surface area contributed by atoms with Crippen molar-refractivity contribution in [2.45, 2.75) is 6.10 Å². The number of rotatable bonds is 4. The Morgan fingerprint density at radius 3 is 2.53 bits per heavy atom. The number of carboxylic acid groups (broad SMARTS) is 1. The number of nitrogens with zero attached hydrogens (tertiary/aromatic N) is 1. The lowest BCUT2D eigenvalue weighted by Crippen LogP contribution is -2.15. The van der Waals surface area contributed by atoms with Gasteiger partial charge in [0.1, 0.15) is 11.4 Å². The maximum atomic E-state index is 13.5. The average Bonchev–Trinajstić information content (AvgIpc) is 2.27. The molecule has 0 radical (unpaired) electrons. The largest absolute Gasteiger partial charge is 0.479 e. The summed E-state index contributed by atoms with van der Waals surface area (Å²) in [5.41, 5.74) is -2.50. The smallest absolute Gasteiger partial charge is 0.337 e. The van der Waals surface area contributed by atoms with Gasteiger partial charge in [0.2, 0.25) is 0 Å². The van der Waals surface area contributed by atoms with E-state index < -0.39 is 39.6 Å². The lowest BCUT2D eigenvalue weighted by molar-refractivity contribution is -0.386. The van der Waals surface area contributed by atoms with Crippen molar-refractivity contribution in [3.8, 4) is 0 Å². The molecule has 17 heavy (non-hydrogen) atoms. The van der Waals surface area contributed by atoms with E-state index in [1.807, 2.05) is 0 Å². The van der Waals surface area contributed by atoms with Gasteiger partial charge in [-0.2, -0.15) is 0 Å². The summed E-state index contributed by atoms with van der Waals surface area (Å²) in [5.74, 6) is -3.26. The van der Waals surface area contributed by atoms with Crippen molar-refractivity contribution in [3.05, 3.63) is 39.2 Å². The van der Waals surface area contributed by atoms with E-state index >= 15 is 0 Å². The van der Waals surface area contributed by atoms with Crippen molar-refractivity contribution in [2.24, 2.45) is 0 Å². The molecule has 0 saturated carbocycles. The Bertz CT molecular complexity index is 501. The zero-order valence-corrected chi connectivity index (χ0v) is 8.16. The number of halogens is 1. The van der Waals surface area contributed by atoms with Crippen LogP contribution in [0.4, 0.5) is 10.1 Å². The Labute approximate surface area is 93.3 Å². The fraction of sp³-hybridized carbons (Fsp3) is 0.111. The standard InChI is InChI=1S/C9H6FNO6/c10-7-4(3-12)1-2-5(11(16)17)6(7)8(13)9(14)15/h1-3,8,13H,(H,14,15). The van der Waals surface area contributed by atoms with Crippen LogP contribution < -0.4 is 0 Å². The SMILES string of the molecule is O=Cc1ccc([N+](=O)[O-])c(C(O)C(=O)O)c1F. The van der Waals surface area contributed by atoms with Crippen LogP contribution >= 0.6 is 0 Å². The molecule has 1 atom stereocenters. The maximum Gasteiger partial charge on any atom is 0.337 e. The van der Waals surface area contributed by atoms with E-state index in [-0.39, 0.29) is 6.29 Å². The zero-order valence-electron chi connectivity index (χ0n) is 8.16. The van der Waals surface area contributed by atoms with Gasteiger partial charge in [-0.05, 0) is 6.07 Å². The predicted octanol–water partition coefficient (Wildman–Crippen LogP) is 0.664. The number of carbonyl (C=O) groups excluding carboxylic acids is 1. The summed E-state index contributed by atoms with van der Waals surface area (Å²) in [7, 11) is 0. The number of hydrogen-bond acceptors (Lipinski definition) is 5. The molecule has 0 fully saturated rings. The second-order valence-corrected chi connectivity index (χ2v) is 3.02. The van der Waals surface area contributed by atoms with Gasteiger partial charge in [0, 0.05) is 6.07 Å². The fourth-order valence-corrected chi connectivity index (χ4v) is 1.23. The number of carboxylic acids is 1. The van der Waals surface area contributed by atoms with E-state index in [4.69, 9.17) is 10.2 Å². The van der Waals surface area contributed by atoms with Gasteiger partial charge >= 0.3 is 5.97 Å². The van der Waals surface area contributed by atoms with Crippen LogP contribution in [-0.2, 0) is 4.79 Å². The molecule has 0 bridgehead atoms. The second kappa shape index (κ2) is 4.66. The molecule has 0 heterocycles. The molecule has 0 aliphatic carbocycles. The van der Waals surface area contributed by atoms with Gasteiger partial charge in [0.05, 0.1) is 10.5 Å². The van der Waals surface area contributed by atoms with Gasteiger partial charge in [-0.25, -0.2) is 9.18 Å². The molecule has 0 aromatic heterocycles. The van der Waals surface area contributed by atoms with Crippen LogP contribution in [0.3, 0.4) is 0 Å². The number of nitro groups is 1. The van der Waals surface area contributed by atoms with E-state index in [1.54, 1.807) is 0 Å². The molecule has 1 aromatic rings. The average molecular weight is 243 g/mol. The minimum Gasteiger partial charge on any atom is -0.479 e. The van der Waals surface area contributed by atoms with Gasteiger partial charge in [-0.1, -0.05) is 0 Å². The highest BCUT2D eigenvalue weighted by molar-refractivity contribution is 5.80. The van der Waals surface area contributed by atoms with Gasteiger partial charge in [-0.15, -0.1) is 0 Å². The third-order valence-corrected chi connectivity index (χ3v) is 2.02. The summed E-state index contributed by atoms with van der Waals surface area (Å²) >= 11 is 0. The molecule has 1 unspecified atom stereocenters. The van der Waals surface area contributed by atoms with Crippen molar-refractivity contribution in [1.29, 1.82) is 0 Å². The quantitative estimate of drug-likeness (QED) is 0.455. The highest BCUT2D eigenvalue weighted by atomic mass is 19.1. The Balaban J connectivity index is 3.55. The summed E-state index contributed by atoms with van der Waals surface area (Å²) in [6.45, 7) is 0. The lowest BCUT2D eigenvalue weighted by atomic mass is 10.0. The lowest BCUT2D eigenvalue weighted by Gasteiger charge is -2.08. The van der Waals surface area contributed by atoms with E-state index in [0.717, 1.165) is 12.1 Å². The number of aliphatic carboxylic acids is 1. The van der Waals surface area contributed by atoms with E-state index in [9.17, 15) is 24.1 Å². The first-order valence-corrected chi connectivity index (χ1v) is 4.23. The van der Waals surface area contributed by atoms with Crippen LogP contribution in [0, 0.1) is 15.9 Å². The molecule has 0 amide bonds. The monoisotopic (exact) mass is 243 g/mol. The van der Waals surface area contributed by atoms with Crippen LogP contribution in [0.25, 0.3) is 0 Å². The molecule has 0 aliphatic heterocycles. The number of hydrogen-bond donors (Lipinski definition) is 2. The van der Waals surface area contributed by atoms with Gasteiger partial charge < -0.3 is 10.2 Å². The van der Waals surface area contributed by atoms with E-state index in [1.165, 1.54) is 0 Å². The number of aliphatic hydroxyl groups is 1. The molecule has 1 aromatic carbocycles. The first-order chi connectivity index (χ1) is 7.90. The van der Waals surface area contributed by atoms with Crippen LogP contribution in [0.1, 0.15) is 22.0 Å². The van der Waals surface area contributed by atoms with Crippen molar-refractivity contribution in [1.82, 2.24) is 0 Å². The summed E-state index contributed by atoms with van der Waals surface area (Å²) < 4.78 is 13.5. The summed E-state index contributed by atoms with van der Waals surface area (Å²) in [6, 6.07) is 1.59. The highest BCUT2D eigenvalue weighted by Gasteiger charge is 2.31. The van der Waals surface area contributed by atoms with Crippen LogP contribution in [0.15, 0.2) is 12.1 Å². The molecule has 7 nitrogen and oxygen atoms in total. The molecule has 1 rings (SSSR count). The molecule has 90 valence electrons. The Morgan fingerprint density at radius 1 is 1.53 bits per heavy atom. The summed E-state index contributed by atoms with van der Waals surface area (Å²) in [4.78, 5) is 30.4. The van der Waals surface area contributed by atoms with Crippen LogP contribution in [0.5, 0.6) is 0 Å². The molecular formula is C9H6FNO6. The Kier molecular flexibility index (Phi) is 3.49. The van der Waals surface area contributed by atoms with E-state index in [2.05, 4.69) is 0 Å². The van der Waals surface area contributed by atoms with Crippen molar-refractivity contribution in [3.63, 3.8) is 0 Å². The zero-order chi connectivity index (χ0) is 13.2. The van der Waals surface area contributed by atoms with Crippen LogP contribution in [0.2, 0.25) is 0 Å². The van der Waals surface area contributed by atoms with Crippen molar-refractivity contribution < 1.29 is 29.1 Å². The molecule has 0 spiro atoms. The number of aldehydes is 1. The number of carbonyl (C=O) groups is 2. The third-order valence-electron chi connectivity index (χ3n) is 2.02.